The number of ether oxygens (including phenoxy) is 2. The third-order valence-electron chi connectivity index (χ3n) is 2.05. The van der Waals surface area contributed by atoms with Crippen LogP contribution >= 0.6 is 22.7 Å². The highest BCUT2D eigenvalue weighted by Gasteiger charge is 2.18. The lowest BCUT2D eigenvalue weighted by Gasteiger charge is -1.93. The quantitative estimate of drug-likeness (QED) is 0.866. The van der Waals surface area contributed by atoms with Gasteiger partial charge in [-0.3, -0.25) is 0 Å². The minimum Gasteiger partial charge on any atom is -0.496 e. The van der Waals surface area contributed by atoms with Crippen LogP contribution in [0.5, 0.6) is 5.75 Å². The fourth-order valence-electron chi connectivity index (χ4n) is 1.22. The van der Waals surface area contributed by atoms with E-state index in [0.29, 0.717) is 10.0 Å². The predicted molar refractivity (Wildman–Crippen MR) is 67.7 cm³/mol. The Morgan fingerprint density at radius 2 is 2.24 bits per heavy atom. The molecule has 0 aliphatic rings. The predicted octanol–water partition coefficient (Wildman–Crippen LogP) is 2.25. The van der Waals surface area contributed by atoms with Gasteiger partial charge < -0.3 is 15.2 Å². The number of aromatic nitrogens is 1. The van der Waals surface area contributed by atoms with E-state index in [1.165, 1.54) is 29.8 Å². The normalized spacial score (nSPS) is 10.2. The summed E-state index contributed by atoms with van der Waals surface area (Å²) < 4.78 is 9.68. The molecular formula is C10H10N2O3S2. The molecule has 2 heterocycles. The summed E-state index contributed by atoms with van der Waals surface area (Å²) in [5.74, 6) is 0.243. The smallest absolute Gasteiger partial charge is 0.359 e. The Morgan fingerprint density at radius 1 is 1.47 bits per heavy atom. The number of nitrogens with zero attached hydrogens (tertiary/aromatic N) is 1. The molecule has 0 fully saturated rings. The lowest BCUT2D eigenvalue weighted by atomic mass is 10.4. The maximum Gasteiger partial charge on any atom is 0.359 e. The second-order valence-corrected chi connectivity index (χ2v) is 5.02. The van der Waals surface area contributed by atoms with E-state index in [1.807, 2.05) is 11.4 Å². The van der Waals surface area contributed by atoms with Crippen molar-refractivity contribution in [3.63, 3.8) is 0 Å². The first-order chi connectivity index (χ1) is 8.15. The van der Waals surface area contributed by atoms with Gasteiger partial charge in [-0.05, 0) is 0 Å². The summed E-state index contributed by atoms with van der Waals surface area (Å²) in [6.07, 6.45) is 0. The van der Waals surface area contributed by atoms with Gasteiger partial charge in [0, 0.05) is 11.4 Å². The van der Waals surface area contributed by atoms with Crippen molar-refractivity contribution >= 4 is 33.6 Å². The molecule has 2 N–H and O–H groups in total. The van der Waals surface area contributed by atoms with Gasteiger partial charge in [-0.2, -0.15) is 0 Å². The van der Waals surface area contributed by atoms with E-state index in [-0.39, 0.29) is 5.69 Å². The van der Waals surface area contributed by atoms with E-state index < -0.39 is 5.97 Å². The van der Waals surface area contributed by atoms with Crippen LogP contribution in [0.25, 0.3) is 9.88 Å². The van der Waals surface area contributed by atoms with Crippen LogP contribution in [0.2, 0.25) is 0 Å². The molecule has 2 aromatic rings. The summed E-state index contributed by atoms with van der Waals surface area (Å²) >= 11 is 2.74. The van der Waals surface area contributed by atoms with Crippen LogP contribution in [0.15, 0.2) is 11.4 Å². The molecule has 0 aromatic carbocycles. The van der Waals surface area contributed by atoms with Crippen LogP contribution in [-0.2, 0) is 4.74 Å². The molecule has 0 atom stereocenters. The molecular weight excluding hydrogens is 260 g/mol. The van der Waals surface area contributed by atoms with Crippen LogP contribution < -0.4 is 10.5 Å². The van der Waals surface area contributed by atoms with Crippen molar-refractivity contribution in [2.75, 3.05) is 20.0 Å². The fourth-order valence-corrected chi connectivity index (χ4v) is 2.96. The summed E-state index contributed by atoms with van der Waals surface area (Å²) in [5, 5.41) is 2.92. The van der Waals surface area contributed by atoms with Crippen molar-refractivity contribution in [1.82, 2.24) is 4.98 Å². The average molecular weight is 270 g/mol. The van der Waals surface area contributed by atoms with Gasteiger partial charge in [-0.25, -0.2) is 9.78 Å². The van der Waals surface area contributed by atoms with E-state index in [2.05, 4.69) is 9.72 Å². The molecule has 0 aliphatic carbocycles. The number of thiazole rings is 1. The molecule has 0 amide bonds. The zero-order valence-corrected chi connectivity index (χ0v) is 10.9. The lowest BCUT2D eigenvalue weighted by molar-refractivity contribution is 0.0596. The van der Waals surface area contributed by atoms with Crippen molar-refractivity contribution in [2.45, 2.75) is 0 Å². The molecule has 5 nitrogen and oxygen atoms in total. The molecule has 0 radical (unpaired) electrons. The Bertz CT molecular complexity index is 547. The Hall–Kier alpha value is -1.60. The SMILES string of the molecule is COC(=O)c1nc(-c2cc(OC)cs2)sc1N. The highest BCUT2D eigenvalue weighted by molar-refractivity contribution is 7.23. The molecule has 2 rings (SSSR count). The van der Waals surface area contributed by atoms with Gasteiger partial charge in [0.25, 0.3) is 0 Å². The first-order valence-corrected chi connectivity index (χ1v) is 6.33. The highest BCUT2D eigenvalue weighted by Crippen LogP contribution is 2.36. The maximum atomic E-state index is 11.4. The van der Waals surface area contributed by atoms with E-state index in [4.69, 9.17) is 10.5 Å². The van der Waals surface area contributed by atoms with Gasteiger partial charge in [0.2, 0.25) is 0 Å². The average Bonchev–Trinajstić information content (AvgIpc) is 2.94. The maximum absolute atomic E-state index is 11.4. The van der Waals surface area contributed by atoms with Crippen LogP contribution in [0.1, 0.15) is 10.5 Å². The van der Waals surface area contributed by atoms with Gasteiger partial charge >= 0.3 is 5.97 Å². The first kappa shape index (κ1) is 11.9. The van der Waals surface area contributed by atoms with Crippen LogP contribution in [0.4, 0.5) is 5.00 Å². The lowest BCUT2D eigenvalue weighted by Crippen LogP contribution is -2.04. The highest BCUT2D eigenvalue weighted by atomic mass is 32.1. The zero-order valence-electron chi connectivity index (χ0n) is 9.22. The van der Waals surface area contributed by atoms with Crippen molar-refractivity contribution in [3.05, 3.63) is 17.1 Å². The molecule has 2 aromatic heterocycles. The number of nitrogens with two attached hydrogens (primary N) is 1. The number of thiophene rings is 1. The van der Waals surface area contributed by atoms with Gasteiger partial charge in [0.05, 0.1) is 19.1 Å². The molecule has 90 valence electrons. The Kier molecular flexibility index (Phi) is 3.30. The Morgan fingerprint density at radius 3 is 2.82 bits per heavy atom. The topological polar surface area (TPSA) is 74.4 Å². The minimum atomic E-state index is -0.520. The van der Waals surface area contributed by atoms with Gasteiger partial charge in [-0.15, -0.1) is 11.3 Å². The second-order valence-electron chi connectivity index (χ2n) is 3.07. The van der Waals surface area contributed by atoms with Crippen LogP contribution in [0.3, 0.4) is 0 Å². The Labute approximate surface area is 106 Å². The molecule has 0 spiro atoms. The van der Waals surface area contributed by atoms with Crippen LogP contribution in [-0.4, -0.2) is 25.2 Å². The van der Waals surface area contributed by atoms with Crippen LogP contribution in [0, 0.1) is 0 Å². The van der Waals surface area contributed by atoms with Crippen molar-refractivity contribution in [3.8, 4) is 15.6 Å². The van der Waals surface area contributed by atoms with E-state index in [0.717, 1.165) is 10.6 Å². The van der Waals surface area contributed by atoms with Crippen molar-refractivity contribution < 1.29 is 14.3 Å². The van der Waals surface area contributed by atoms with E-state index in [9.17, 15) is 4.79 Å². The summed E-state index contributed by atoms with van der Waals surface area (Å²) in [6, 6.07) is 1.85. The fraction of sp³-hybridized carbons (Fsp3) is 0.200. The monoisotopic (exact) mass is 270 g/mol. The molecule has 0 unspecified atom stereocenters. The van der Waals surface area contributed by atoms with Gasteiger partial charge in [0.15, 0.2) is 5.69 Å². The summed E-state index contributed by atoms with van der Waals surface area (Å²) in [4.78, 5) is 16.4. The summed E-state index contributed by atoms with van der Waals surface area (Å²) in [5.41, 5.74) is 5.89. The third-order valence-corrected chi connectivity index (χ3v) is 4.02. The molecule has 0 aliphatic heterocycles. The number of hydrogen-bond donors (Lipinski definition) is 1. The Balaban J connectivity index is 2.37. The number of rotatable bonds is 3. The number of nitrogen functional groups attached to an aromatic ring is 1. The van der Waals surface area contributed by atoms with E-state index >= 15 is 0 Å². The summed E-state index contributed by atoms with van der Waals surface area (Å²) in [6.45, 7) is 0. The van der Waals surface area contributed by atoms with Crippen molar-refractivity contribution in [1.29, 1.82) is 0 Å². The molecule has 0 saturated heterocycles. The van der Waals surface area contributed by atoms with Gasteiger partial charge in [0.1, 0.15) is 15.8 Å². The number of methoxy groups -OCH3 is 2. The largest absolute Gasteiger partial charge is 0.496 e. The number of esters is 1. The number of anilines is 1. The number of hydrogen-bond acceptors (Lipinski definition) is 7. The minimum absolute atomic E-state index is 0.167. The number of carbonyl (C=O) groups excluding carboxylic acids is 1. The molecule has 0 bridgehead atoms. The third kappa shape index (κ3) is 2.25. The van der Waals surface area contributed by atoms with Gasteiger partial charge in [-0.1, -0.05) is 11.3 Å². The standard InChI is InChI=1S/C10H10N2O3S2/c1-14-5-3-6(16-4-5)9-12-7(8(11)17-9)10(13)15-2/h3-4H,11H2,1-2H3. The molecule has 17 heavy (non-hydrogen) atoms. The molecule has 0 saturated carbocycles. The van der Waals surface area contributed by atoms with Crippen molar-refractivity contribution in [2.24, 2.45) is 0 Å². The summed E-state index contributed by atoms with van der Waals surface area (Å²) in [7, 11) is 2.90. The number of carbonyl (C=O) groups is 1. The molecule has 7 heteroatoms. The zero-order chi connectivity index (χ0) is 12.4. The first-order valence-electron chi connectivity index (χ1n) is 4.63. The second kappa shape index (κ2) is 4.72. The van der Waals surface area contributed by atoms with E-state index in [1.54, 1.807) is 7.11 Å².